The molecule has 5 heterocycles. The molecule has 0 spiro atoms. The van der Waals surface area contributed by atoms with E-state index < -0.39 is 0 Å². The first kappa shape index (κ1) is 21.4. The van der Waals surface area contributed by atoms with E-state index in [1.165, 1.54) is 0 Å². The highest BCUT2D eigenvalue weighted by molar-refractivity contribution is 6.21. The van der Waals surface area contributed by atoms with Crippen LogP contribution in [0.3, 0.4) is 0 Å². The summed E-state index contributed by atoms with van der Waals surface area (Å²) in [5.41, 5.74) is 2.61. The van der Waals surface area contributed by atoms with E-state index in [9.17, 15) is 0 Å². The summed E-state index contributed by atoms with van der Waals surface area (Å²) in [5, 5.41) is 9.58. The first-order valence-electron chi connectivity index (χ1n) is 13.4. The van der Waals surface area contributed by atoms with Crippen LogP contribution in [0.4, 0.5) is 23.3 Å². The van der Waals surface area contributed by atoms with Crippen molar-refractivity contribution in [3.63, 3.8) is 0 Å². The number of fused-ring (bicyclic) bond motifs is 20. The molecule has 1 unspecified atom stereocenters. The fraction of sp³-hybridized carbons (Fsp3) is 0.0625. The third kappa shape index (κ3) is 3.07. The van der Waals surface area contributed by atoms with Gasteiger partial charge in [-0.1, -0.05) is 91.0 Å². The van der Waals surface area contributed by atoms with Crippen molar-refractivity contribution in [3.05, 3.63) is 108 Å². The fourth-order valence-corrected chi connectivity index (χ4v) is 6.03. The second-order valence-corrected chi connectivity index (χ2v) is 10.2. The highest BCUT2D eigenvalue weighted by Gasteiger charge is 2.33. The van der Waals surface area contributed by atoms with Crippen LogP contribution in [-0.4, -0.2) is 26.6 Å². The predicted octanol–water partition coefficient (Wildman–Crippen LogP) is 6.21. The van der Waals surface area contributed by atoms with Crippen molar-refractivity contribution in [1.29, 1.82) is 0 Å². The number of hydrogen-bond acceptors (Lipinski definition) is 5. The summed E-state index contributed by atoms with van der Waals surface area (Å²) in [5.74, 6) is 4.79. The molecule has 4 N–H and O–H groups in total. The van der Waals surface area contributed by atoms with E-state index in [2.05, 4.69) is 74.9 Å². The van der Waals surface area contributed by atoms with Crippen LogP contribution in [0.2, 0.25) is 0 Å². The number of aromatic amines is 3. The molecule has 190 valence electrons. The molecular formula is C32H22N8. The Bertz CT molecular complexity index is 2290. The normalized spacial score (nSPS) is 17.6. The van der Waals surface area contributed by atoms with Crippen molar-refractivity contribution in [2.45, 2.75) is 6.42 Å². The van der Waals surface area contributed by atoms with Crippen molar-refractivity contribution in [1.82, 2.24) is 20.3 Å². The lowest BCUT2D eigenvalue weighted by Crippen LogP contribution is -2.22. The molecule has 1 aliphatic carbocycles. The Kier molecular flexibility index (Phi) is 4.29. The minimum Gasteiger partial charge on any atom is -0.328 e. The molecule has 9 rings (SSSR count). The summed E-state index contributed by atoms with van der Waals surface area (Å²) in [6.07, 6.45) is 7.26. The van der Waals surface area contributed by atoms with Crippen molar-refractivity contribution < 1.29 is 0 Å². The first-order chi connectivity index (χ1) is 19.8. The predicted molar refractivity (Wildman–Crippen MR) is 159 cm³/mol. The summed E-state index contributed by atoms with van der Waals surface area (Å²) in [4.78, 5) is 31.0. The SMILES string of the molecule is C1=CCC2C(=C1)C1=Nc3[nH]c(c4ccccc34)N=c3[nH]c(c4ccccc34)=Nc3[nH]c(c4ccccc34)N=C2N1. The monoisotopic (exact) mass is 518 g/mol. The molecule has 0 radical (unpaired) electrons. The molecule has 8 bridgehead atoms. The maximum Gasteiger partial charge on any atom is 0.142 e. The third-order valence-electron chi connectivity index (χ3n) is 7.93. The largest absolute Gasteiger partial charge is 0.328 e. The highest BCUT2D eigenvalue weighted by Crippen LogP contribution is 2.38. The Labute approximate surface area is 227 Å². The van der Waals surface area contributed by atoms with Crippen LogP contribution in [0.1, 0.15) is 6.42 Å². The second-order valence-electron chi connectivity index (χ2n) is 10.2. The van der Waals surface area contributed by atoms with Gasteiger partial charge in [-0.2, -0.15) is 0 Å². The van der Waals surface area contributed by atoms with Crippen molar-refractivity contribution in [2.75, 3.05) is 0 Å². The molecule has 3 aliphatic rings. The van der Waals surface area contributed by atoms with Gasteiger partial charge in [0, 0.05) is 43.8 Å². The second kappa shape index (κ2) is 8.00. The Balaban J connectivity index is 1.43. The van der Waals surface area contributed by atoms with Gasteiger partial charge in [-0.15, -0.1) is 0 Å². The van der Waals surface area contributed by atoms with Gasteiger partial charge in [0.1, 0.15) is 45.9 Å². The zero-order valence-electron chi connectivity index (χ0n) is 21.2. The molecule has 3 aromatic carbocycles. The van der Waals surface area contributed by atoms with Crippen molar-refractivity contribution >= 4 is 67.3 Å². The number of nitrogens with zero attached hydrogens (tertiary/aromatic N) is 4. The molecule has 40 heavy (non-hydrogen) atoms. The standard InChI is InChI=1S/C32H22N8/c1-2-10-18-17(9-1)25-33-26(18)38-28-21-13-5-6-14-22(21)30(35-28)40-32-24-16-8-7-15-23(24)31(36-32)39-29-20-12-4-3-11-19(20)27(34-29)37-25/h1-15,24,34-35H,16H2,(H,33,37,38)(H,36,39,40). The molecule has 3 aromatic heterocycles. The smallest absolute Gasteiger partial charge is 0.142 e. The zero-order chi connectivity index (χ0) is 26.2. The summed E-state index contributed by atoms with van der Waals surface area (Å²) in [6.45, 7) is 0. The first-order valence-corrected chi connectivity index (χ1v) is 13.4. The Morgan fingerprint density at radius 3 is 1.62 bits per heavy atom. The molecule has 8 nitrogen and oxygen atoms in total. The molecular weight excluding hydrogens is 496 g/mol. The summed E-state index contributed by atoms with van der Waals surface area (Å²) < 4.78 is 0. The Morgan fingerprint density at radius 2 is 1.05 bits per heavy atom. The van der Waals surface area contributed by atoms with E-state index in [1.54, 1.807) is 0 Å². The van der Waals surface area contributed by atoms with Gasteiger partial charge in [-0.3, -0.25) is 0 Å². The fourth-order valence-electron chi connectivity index (χ4n) is 6.03. The molecule has 0 saturated carbocycles. The Hall–Kier alpha value is -5.50. The molecule has 2 aliphatic heterocycles. The number of aromatic nitrogens is 3. The van der Waals surface area contributed by atoms with Crippen LogP contribution in [0.5, 0.6) is 0 Å². The lowest BCUT2D eigenvalue weighted by atomic mass is 9.93. The third-order valence-corrected chi connectivity index (χ3v) is 7.93. The molecule has 1 saturated heterocycles. The maximum absolute atomic E-state index is 5.15. The number of aliphatic imine (C=N–C) groups is 2. The van der Waals surface area contributed by atoms with Crippen LogP contribution in [-0.2, 0) is 0 Å². The lowest BCUT2D eigenvalue weighted by molar-refractivity contribution is 0.850. The van der Waals surface area contributed by atoms with Crippen LogP contribution in [0.25, 0.3) is 32.3 Å². The summed E-state index contributed by atoms with van der Waals surface area (Å²) >= 11 is 0. The number of rotatable bonds is 0. The van der Waals surface area contributed by atoms with Gasteiger partial charge in [0.25, 0.3) is 0 Å². The van der Waals surface area contributed by atoms with Gasteiger partial charge in [0.15, 0.2) is 0 Å². The average Bonchev–Trinajstić information content (AvgIpc) is 3.73. The minimum absolute atomic E-state index is 0.0988. The molecule has 1 atom stereocenters. The van der Waals surface area contributed by atoms with E-state index in [4.69, 9.17) is 20.0 Å². The topological polar surface area (TPSA) is 109 Å². The number of amidine groups is 2. The zero-order valence-corrected chi connectivity index (χ0v) is 21.2. The van der Waals surface area contributed by atoms with Gasteiger partial charge < -0.3 is 20.3 Å². The van der Waals surface area contributed by atoms with E-state index >= 15 is 0 Å². The van der Waals surface area contributed by atoms with Crippen molar-refractivity contribution in [2.24, 2.45) is 25.9 Å². The summed E-state index contributed by atoms with van der Waals surface area (Å²) in [6, 6.07) is 24.6. The lowest BCUT2D eigenvalue weighted by Gasteiger charge is -2.11. The minimum atomic E-state index is 0.0988. The van der Waals surface area contributed by atoms with Gasteiger partial charge in [-0.25, -0.2) is 20.0 Å². The number of hydrogen-bond donors (Lipinski definition) is 4. The van der Waals surface area contributed by atoms with E-state index in [-0.39, 0.29) is 5.92 Å². The number of nitrogens with one attached hydrogen (secondary N) is 4. The number of benzene rings is 3. The highest BCUT2D eigenvalue weighted by atomic mass is 15.2. The maximum atomic E-state index is 5.15. The van der Waals surface area contributed by atoms with Gasteiger partial charge in [0.05, 0.1) is 0 Å². The van der Waals surface area contributed by atoms with Gasteiger partial charge in [-0.05, 0) is 6.42 Å². The number of allylic oxidation sites excluding steroid dienone is 3. The molecule has 6 aromatic rings. The Morgan fingerprint density at radius 1 is 0.550 bits per heavy atom. The quantitative estimate of drug-likeness (QED) is 0.188. The van der Waals surface area contributed by atoms with Crippen LogP contribution in [0, 0.1) is 5.92 Å². The molecule has 0 amide bonds. The van der Waals surface area contributed by atoms with Gasteiger partial charge >= 0.3 is 0 Å². The van der Waals surface area contributed by atoms with Crippen molar-refractivity contribution in [3.8, 4) is 0 Å². The van der Waals surface area contributed by atoms with Crippen LogP contribution >= 0.6 is 0 Å². The van der Waals surface area contributed by atoms with E-state index in [0.717, 1.165) is 90.2 Å². The van der Waals surface area contributed by atoms with Gasteiger partial charge in [0.2, 0.25) is 0 Å². The van der Waals surface area contributed by atoms with Crippen LogP contribution in [0.15, 0.2) is 117 Å². The van der Waals surface area contributed by atoms with Crippen LogP contribution < -0.4 is 16.3 Å². The number of H-pyrrole nitrogens is 3. The van der Waals surface area contributed by atoms with E-state index in [0.29, 0.717) is 0 Å². The molecule has 8 heteroatoms. The molecule has 1 fully saturated rings. The average molecular weight is 519 g/mol. The summed E-state index contributed by atoms with van der Waals surface area (Å²) in [7, 11) is 0. The van der Waals surface area contributed by atoms with E-state index in [1.807, 2.05) is 36.4 Å².